The molecule has 0 radical (unpaired) electrons. The topological polar surface area (TPSA) is 82.3 Å². The van der Waals surface area contributed by atoms with Crippen LogP contribution in [0.5, 0.6) is 0 Å². The van der Waals surface area contributed by atoms with E-state index in [1.807, 2.05) is 38.1 Å². The summed E-state index contributed by atoms with van der Waals surface area (Å²) in [6, 6.07) is 14.0. The molecule has 114 valence electrons. The van der Waals surface area contributed by atoms with E-state index in [1.165, 1.54) is 0 Å². The number of para-hydroxylation sites is 1. The molecule has 0 atom stereocenters. The van der Waals surface area contributed by atoms with Crippen LogP contribution in [0.25, 0.3) is 0 Å². The number of carbonyl (C=O) groups excluding carboxylic acids is 2. The monoisotopic (exact) mass is 298 g/mol. The molecular formula is C16H18N4O2. The number of hydrogen-bond acceptors (Lipinski definition) is 3. The minimum atomic E-state index is -0.467. The second-order valence-corrected chi connectivity index (χ2v) is 4.79. The van der Waals surface area contributed by atoms with E-state index in [1.54, 1.807) is 24.3 Å². The minimum absolute atomic E-state index is 0.340. The highest BCUT2D eigenvalue weighted by Gasteiger charge is 2.07. The Labute approximate surface area is 128 Å². The van der Waals surface area contributed by atoms with Gasteiger partial charge in [-0.1, -0.05) is 36.4 Å². The molecule has 6 nitrogen and oxygen atoms in total. The summed E-state index contributed by atoms with van der Waals surface area (Å²) in [4.78, 5) is 23.5. The van der Waals surface area contributed by atoms with Crippen LogP contribution in [0.1, 0.15) is 21.5 Å². The quantitative estimate of drug-likeness (QED) is 0.654. The summed E-state index contributed by atoms with van der Waals surface area (Å²) in [6.07, 6.45) is 0. The van der Waals surface area contributed by atoms with E-state index < -0.39 is 6.03 Å². The zero-order valence-corrected chi connectivity index (χ0v) is 12.4. The number of benzene rings is 2. The van der Waals surface area contributed by atoms with Crippen molar-refractivity contribution in [3.05, 3.63) is 65.2 Å². The van der Waals surface area contributed by atoms with Crippen LogP contribution in [-0.4, -0.2) is 11.9 Å². The third kappa shape index (κ3) is 4.07. The van der Waals surface area contributed by atoms with Gasteiger partial charge in [0.25, 0.3) is 5.91 Å². The predicted octanol–water partition coefficient (Wildman–Crippen LogP) is 2.27. The van der Waals surface area contributed by atoms with Crippen molar-refractivity contribution in [3.63, 3.8) is 0 Å². The lowest BCUT2D eigenvalue weighted by molar-refractivity contribution is 0.0927. The number of hydrazine groups is 2. The summed E-state index contributed by atoms with van der Waals surface area (Å²) in [5.74, 6) is -0.340. The zero-order valence-electron chi connectivity index (χ0n) is 12.4. The van der Waals surface area contributed by atoms with Crippen LogP contribution in [0.2, 0.25) is 0 Å². The maximum absolute atomic E-state index is 11.8. The molecule has 0 aliphatic carbocycles. The lowest BCUT2D eigenvalue weighted by atomic mass is 10.1. The van der Waals surface area contributed by atoms with Crippen LogP contribution < -0.4 is 21.7 Å². The van der Waals surface area contributed by atoms with Crippen molar-refractivity contribution in [2.24, 2.45) is 0 Å². The van der Waals surface area contributed by atoms with E-state index in [9.17, 15) is 9.59 Å². The first-order valence-electron chi connectivity index (χ1n) is 6.81. The van der Waals surface area contributed by atoms with E-state index in [-0.39, 0.29) is 5.91 Å². The summed E-state index contributed by atoms with van der Waals surface area (Å²) >= 11 is 0. The van der Waals surface area contributed by atoms with Crippen molar-refractivity contribution >= 4 is 17.6 Å². The molecule has 0 aliphatic rings. The lowest BCUT2D eigenvalue weighted by Gasteiger charge is -2.13. The van der Waals surface area contributed by atoms with Gasteiger partial charge in [-0.3, -0.25) is 15.6 Å². The number of aryl methyl sites for hydroxylation is 2. The van der Waals surface area contributed by atoms with Gasteiger partial charge in [0.2, 0.25) is 0 Å². The smallest absolute Gasteiger partial charge is 0.306 e. The van der Waals surface area contributed by atoms with Crippen LogP contribution in [-0.2, 0) is 0 Å². The fourth-order valence-corrected chi connectivity index (χ4v) is 1.96. The number of rotatable bonds is 4. The Bertz CT molecular complexity index is 651. The molecule has 0 aromatic heterocycles. The van der Waals surface area contributed by atoms with Gasteiger partial charge in [-0.05, 0) is 37.1 Å². The molecule has 0 heterocycles. The van der Waals surface area contributed by atoms with Crippen molar-refractivity contribution in [3.8, 4) is 0 Å². The number of nitrogens with one attached hydrogen (secondary N) is 4. The maximum atomic E-state index is 11.8. The van der Waals surface area contributed by atoms with E-state index in [0.29, 0.717) is 5.56 Å². The average Bonchev–Trinajstić information content (AvgIpc) is 2.52. The lowest BCUT2D eigenvalue weighted by Crippen LogP contribution is -2.50. The molecule has 2 aromatic rings. The normalized spacial score (nSPS) is 9.91. The average molecular weight is 298 g/mol. The predicted molar refractivity (Wildman–Crippen MR) is 85.1 cm³/mol. The molecule has 22 heavy (non-hydrogen) atoms. The number of carbonyl (C=O) groups is 2. The van der Waals surface area contributed by atoms with Gasteiger partial charge in [0, 0.05) is 11.3 Å². The number of urea groups is 1. The van der Waals surface area contributed by atoms with Crippen LogP contribution in [0, 0.1) is 13.8 Å². The number of hydrogen-bond donors (Lipinski definition) is 4. The summed E-state index contributed by atoms with van der Waals surface area (Å²) in [5.41, 5.74) is 10.3. The van der Waals surface area contributed by atoms with Gasteiger partial charge in [0.15, 0.2) is 0 Å². The van der Waals surface area contributed by atoms with Gasteiger partial charge in [-0.25, -0.2) is 4.79 Å². The van der Waals surface area contributed by atoms with E-state index >= 15 is 0 Å². The Morgan fingerprint density at radius 3 is 2.09 bits per heavy atom. The molecular weight excluding hydrogens is 280 g/mol. The van der Waals surface area contributed by atoms with E-state index in [2.05, 4.69) is 21.7 Å². The number of anilines is 1. The first kappa shape index (κ1) is 15.5. The van der Waals surface area contributed by atoms with E-state index in [0.717, 1.165) is 16.8 Å². The highest BCUT2D eigenvalue weighted by Crippen LogP contribution is 2.18. The highest BCUT2D eigenvalue weighted by molar-refractivity contribution is 5.94. The van der Waals surface area contributed by atoms with Crippen molar-refractivity contribution in [1.29, 1.82) is 0 Å². The largest absolute Gasteiger partial charge is 0.334 e. The molecule has 2 aromatic carbocycles. The fourth-order valence-electron chi connectivity index (χ4n) is 1.96. The molecule has 0 bridgehead atoms. The van der Waals surface area contributed by atoms with Crippen LogP contribution in [0.4, 0.5) is 10.5 Å². The molecule has 4 N–H and O–H groups in total. The van der Waals surface area contributed by atoms with Gasteiger partial charge in [-0.15, -0.1) is 5.53 Å². The van der Waals surface area contributed by atoms with Crippen molar-refractivity contribution in [1.82, 2.24) is 16.4 Å². The Hall–Kier alpha value is -2.86. The summed E-state index contributed by atoms with van der Waals surface area (Å²) in [5, 5.41) is 2.73. The highest BCUT2D eigenvalue weighted by atomic mass is 16.2. The molecule has 6 heteroatoms. The summed E-state index contributed by atoms with van der Waals surface area (Å²) in [6.45, 7) is 3.82. The van der Waals surface area contributed by atoms with Crippen molar-refractivity contribution in [2.75, 3.05) is 5.32 Å². The second-order valence-electron chi connectivity index (χ2n) is 4.79. The van der Waals surface area contributed by atoms with Gasteiger partial charge in [-0.2, -0.15) is 0 Å². The van der Waals surface area contributed by atoms with E-state index in [4.69, 9.17) is 0 Å². The first-order chi connectivity index (χ1) is 10.6. The number of amides is 3. The molecule has 0 unspecified atom stereocenters. The molecule has 0 saturated heterocycles. The molecule has 0 fully saturated rings. The molecule has 0 saturated carbocycles. The van der Waals surface area contributed by atoms with Crippen LogP contribution in [0.15, 0.2) is 48.5 Å². The van der Waals surface area contributed by atoms with Gasteiger partial charge in [0.05, 0.1) is 0 Å². The Kier molecular flexibility index (Phi) is 5.11. The summed E-state index contributed by atoms with van der Waals surface area (Å²) in [7, 11) is 0. The Balaban J connectivity index is 1.82. The standard InChI is InChI=1S/C16H18N4O2/c1-11-7-6-8-12(2)14(11)17-16(22)19-20-18-15(21)13-9-4-3-5-10-13/h3-10,20H,1-2H3,(H,18,21)(H2,17,19,22). The van der Waals surface area contributed by atoms with Crippen molar-refractivity contribution in [2.45, 2.75) is 13.8 Å². The van der Waals surface area contributed by atoms with Gasteiger partial charge in [0.1, 0.15) is 0 Å². The van der Waals surface area contributed by atoms with Gasteiger partial charge >= 0.3 is 6.03 Å². The fraction of sp³-hybridized carbons (Fsp3) is 0.125. The maximum Gasteiger partial charge on any atom is 0.334 e. The first-order valence-corrected chi connectivity index (χ1v) is 6.81. The van der Waals surface area contributed by atoms with Gasteiger partial charge < -0.3 is 5.32 Å². The summed E-state index contributed by atoms with van der Waals surface area (Å²) < 4.78 is 0. The third-order valence-electron chi connectivity index (χ3n) is 3.11. The van der Waals surface area contributed by atoms with Crippen LogP contribution in [0.3, 0.4) is 0 Å². The minimum Gasteiger partial charge on any atom is -0.306 e. The third-order valence-corrected chi connectivity index (χ3v) is 3.11. The molecule has 2 rings (SSSR count). The SMILES string of the molecule is Cc1cccc(C)c1NC(=O)NNNC(=O)c1ccccc1. The van der Waals surface area contributed by atoms with Crippen LogP contribution >= 0.6 is 0 Å². The molecule has 3 amide bonds. The molecule has 0 aliphatic heterocycles. The van der Waals surface area contributed by atoms with Crippen molar-refractivity contribution < 1.29 is 9.59 Å². The Morgan fingerprint density at radius 1 is 0.818 bits per heavy atom. The second kappa shape index (κ2) is 7.24. The molecule has 0 spiro atoms. The Morgan fingerprint density at radius 2 is 1.45 bits per heavy atom. The zero-order chi connectivity index (χ0) is 15.9.